The molecule has 1 rings (SSSR count). The molecule has 0 unspecified atom stereocenters. The SMILES string of the molecule is CCC(CC)N1CCN(C(=O)O)CC1. The van der Waals surface area contributed by atoms with Gasteiger partial charge in [-0.05, 0) is 12.8 Å². The first kappa shape index (κ1) is 11.3. The molecule has 1 aliphatic heterocycles. The number of nitrogens with zero attached hydrogens (tertiary/aromatic N) is 2. The zero-order valence-corrected chi connectivity index (χ0v) is 9.07. The van der Waals surface area contributed by atoms with Gasteiger partial charge in [-0.1, -0.05) is 13.8 Å². The van der Waals surface area contributed by atoms with Crippen LogP contribution >= 0.6 is 0 Å². The zero-order chi connectivity index (χ0) is 10.6. The van der Waals surface area contributed by atoms with Crippen LogP contribution in [0.5, 0.6) is 0 Å². The molecule has 4 heteroatoms. The van der Waals surface area contributed by atoms with Crippen molar-refractivity contribution in [2.75, 3.05) is 26.2 Å². The fraction of sp³-hybridized carbons (Fsp3) is 0.900. The van der Waals surface area contributed by atoms with Gasteiger partial charge in [-0.2, -0.15) is 0 Å². The largest absolute Gasteiger partial charge is 0.465 e. The lowest BCUT2D eigenvalue weighted by molar-refractivity contribution is 0.0825. The highest BCUT2D eigenvalue weighted by molar-refractivity contribution is 5.65. The minimum atomic E-state index is -0.783. The van der Waals surface area contributed by atoms with E-state index in [1.807, 2.05) is 0 Å². The van der Waals surface area contributed by atoms with Gasteiger partial charge in [0, 0.05) is 32.2 Å². The second-order valence-electron chi connectivity index (χ2n) is 3.78. The second-order valence-corrected chi connectivity index (χ2v) is 3.78. The zero-order valence-electron chi connectivity index (χ0n) is 9.07. The molecule has 0 aromatic heterocycles. The van der Waals surface area contributed by atoms with Gasteiger partial charge in [0.15, 0.2) is 0 Å². The van der Waals surface area contributed by atoms with Gasteiger partial charge in [-0.15, -0.1) is 0 Å². The molecule has 1 aliphatic rings. The van der Waals surface area contributed by atoms with E-state index in [0.717, 1.165) is 25.9 Å². The highest BCUT2D eigenvalue weighted by Crippen LogP contribution is 2.11. The predicted octanol–water partition coefficient (Wildman–Crippen LogP) is 1.47. The van der Waals surface area contributed by atoms with Gasteiger partial charge in [-0.3, -0.25) is 4.90 Å². The highest BCUT2D eigenvalue weighted by Gasteiger charge is 2.23. The molecule has 0 bridgehead atoms. The van der Waals surface area contributed by atoms with Crippen LogP contribution in [-0.2, 0) is 0 Å². The summed E-state index contributed by atoms with van der Waals surface area (Å²) in [5.41, 5.74) is 0. The third kappa shape index (κ3) is 2.61. The maximum Gasteiger partial charge on any atom is 0.407 e. The molecule has 1 saturated heterocycles. The fourth-order valence-electron chi connectivity index (χ4n) is 2.08. The van der Waals surface area contributed by atoms with E-state index >= 15 is 0 Å². The average molecular weight is 200 g/mol. The van der Waals surface area contributed by atoms with Crippen molar-refractivity contribution in [3.63, 3.8) is 0 Å². The van der Waals surface area contributed by atoms with Crippen molar-refractivity contribution >= 4 is 6.09 Å². The summed E-state index contributed by atoms with van der Waals surface area (Å²) < 4.78 is 0. The van der Waals surface area contributed by atoms with Gasteiger partial charge in [0.05, 0.1) is 0 Å². The molecule has 0 atom stereocenters. The van der Waals surface area contributed by atoms with Crippen LogP contribution < -0.4 is 0 Å². The van der Waals surface area contributed by atoms with Crippen LogP contribution in [0.1, 0.15) is 26.7 Å². The van der Waals surface area contributed by atoms with E-state index in [2.05, 4.69) is 18.7 Å². The number of rotatable bonds is 3. The summed E-state index contributed by atoms with van der Waals surface area (Å²) in [5.74, 6) is 0. The quantitative estimate of drug-likeness (QED) is 0.750. The number of piperazine rings is 1. The second kappa shape index (κ2) is 5.20. The average Bonchev–Trinajstić information content (AvgIpc) is 2.20. The van der Waals surface area contributed by atoms with Crippen molar-refractivity contribution in [2.24, 2.45) is 0 Å². The smallest absolute Gasteiger partial charge is 0.407 e. The van der Waals surface area contributed by atoms with Gasteiger partial charge in [0.2, 0.25) is 0 Å². The Hall–Kier alpha value is -0.770. The Kier molecular flexibility index (Phi) is 4.20. The topological polar surface area (TPSA) is 43.8 Å². The first-order chi connectivity index (χ1) is 6.69. The molecule has 1 amide bonds. The molecule has 1 fully saturated rings. The van der Waals surface area contributed by atoms with Crippen LogP contribution in [0.15, 0.2) is 0 Å². The molecule has 4 nitrogen and oxygen atoms in total. The molecule has 0 aromatic carbocycles. The number of hydrogen-bond donors (Lipinski definition) is 1. The summed E-state index contributed by atoms with van der Waals surface area (Å²) in [5, 5.41) is 8.78. The van der Waals surface area contributed by atoms with E-state index in [0.29, 0.717) is 19.1 Å². The maximum absolute atomic E-state index is 10.7. The molecule has 1 heterocycles. The summed E-state index contributed by atoms with van der Waals surface area (Å²) >= 11 is 0. The van der Waals surface area contributed by atoms with Crippen LogP contribution in [0.4, 0.5) is 4.79 Å². The molecular formula is C10H20N2O2. The predicted molar refractivity (Wildman–Crippen MR) is 55.5 cm³/mol. The Morgan fingerprint density at radius 3 is 2.07 bits per heavy atom. The normalized spacial score (nSPS) is 18.9. The van der Waals surface area contributed by atoms with Gasteiger partial charge in [-0.25, -0.2) is 4.79 Å². The van der Waals surface area contributed by atoms with E-state index in [-0.39, 0.29) is 0 Å². The number of amides is 1. The number of carboxylic acid groups (broad SMARTS) is 1. The molecule has 82 valence electrons. The van der Waals surface area contributed by atoms with Gasteiger partial charge < -0.3 is 10.0 Å². The summed E-state index contributed by atoms with van der Waals surface area (Å²) in [6.45, 7) is 7.48. The van der Waals surface area contributed by atoms with Crippen LogP contribution in [0, 0.1) is 0 Å². The minimum absolute atomic E-state index is 0.631. The maximum atomic E-state index is 10.7. The third-order valence-corrected chi connectivity index (χ3v) is 3.04. The Balaban J connectivity index is 2.38. The standard InChI is InChI=1S/C10H20N2O2/c1-3-9(4-2)11-5-7-12(8-6-11)10(13)14/h9H,3-8H2,1-2H3,(H,13,14). The highest BCUT2D eigenvalue weighted by atomic mass is 16.4. The lowest BCUT2D eigenvalue weighted by atomic mass is 10.1. The monoisotopic (exact) mass is 200 g/mol. The first-order valence-electron chi connectivity index (χ1n) is 5.41. The van der Waals surface area contributed by atoms with Crippen LogP contribution in [-0.4, -0.2) is 53.2 Å². The first-order valence-corrected chi connectivity index (χ1v) is 5.41. The minimum Gasteiger partial charge on any atom is -0.465 e. The van der Waals surface area contributed by atoms with Gasteiger partial charge >= 0.3 is 6.09 Å². The van der Waals surface area contributed by atoms with E-state index in [1.54, 1.807) is 0 Å². The number of carbonyl (C=O) groups is 1. The van der Waals surface area contributed by atoms with Crippen molar-refractivity contribution in [2.45, 2.75) is 32.7 Å². The van der Waals surface area contributed by atoms with E-state index < -0.39 is 6.09 Å². The molecule has 0 spiro atoms. The van der Waals surface area contributed by atoms with Crippen LogP contribution in [0.3, 0.4) is 0 Å². The van der Waals surface area contributed by atoms with Crippen LogP contribution in [0.25, 0.3) is 0 Å². The molecular weight excluding hydrogens is 180 g/mol. The van der Waals surface area contributed by atoms with Crippen LogP contribution in [0.2, 0.25) is 0 Å². The summed E-state index contributed by atoms with van der Waals surface area (Å²) in [4.78, 5) is 14.6. The van der Waals surface area contributed by atoms with Crippen molar-refractivity contribution < 1.29 is 9.90 Å². The molecule has 0 aliphatic carbocycles. The molecule has 0 aromatic rings. The van der Waals surface area contributed by atoms with Gasteiger partial charge in [0.25, 0.3) is 0 Å². The Morgan fingerprint density at radius 2 is 1.71 bits per heavy atom. The summed E-state index contributed by atoms with van der Waals surface area (Å²) in [6, 6.07) is 0.631. The Morgan fingerprint density at radius 1 is 1.21 bits per heavy atom. The Labute approximate surface area is 85.5 Å². The van der Waals surface area contributed by atoms with Crippen molar-refractivity contribution in [1.29, 1.82) is 0 Å². The molecule has 0 saturated carbocycles. The number of hydrogen-bond acceptors (Lipinski definition) is 2. The Bertz CT molecular complexity index is 185. The third-order valence-electron chi connectivity index (χ3n) is 3.04. The molecule has 0 radical (unpaired) electrons. The summed E-state index contributed by atoms with van der Waals surface area (Å²) in [7, 11) is 0. The summed E-state index contributed by atoms with van der Waals surface area (Å²) in [6.07, 6.45) is 1.53. The fourth-order valence-corrected chi connectivity index (χ4v) is 2.08. The van der Waals surface area contributed by atoms with Gasteiger partial charge in [0.1, 0.15) is 0 Å². The van der Waals surface area contributed by atoms with Crippen molar-refractivity contribution in [3.05, 3.63) is 0 Å². The van der Waals surface area contributed by atoms with E-state index in [4.69, 9.17) is 5.11 Å². The van der Waals surface area contributed by atoms with E-state index in [9.17, 15) is 4.79 Å². The lowest BCUT2D eigenvalue weighted by Gasteiger charge is -2.37. The van der Waals surface area contributed by atoms with Crippen molar-refractivity contribution in [3.8, 4) is 0 Å². The molecule has 14 heavy (non-hydrogen) atoms. The van der Waals surface area contributed by atoms with Crippen molar-refractivity contribution in [1.82, 2.24) is 9.80 Å². The van der Waals surface area contributed by atoms with E-state index in [1.165, 1.54) is 4.90 Å². The lowest BCUT2D eigenvalue weighted by Crippen LogP contribution is -2.51. The molecule has 1 N–H and O–H groups in total.